The average Bonchev–Trinajstić information content (AvgIpc) is 3.15. The van der Waals surface area contributed by atoms with Gasteiger partial charge in [0.15, 0.2) is 5.16 Å². The summed E-state index contributed by atoms with van der Waals surface area (Å²) in [5.74, 6) is 0.592. The van der Waals surface area contributed by atoms with Gasteiger partial charge in [0.25, 0.3) is 5.91 Å². The number of hydrazine groups is 1. The van der Waals surface area contributed by atoms with Gasteiger partial charge in [-0.2, -0.15) is 0 Å². The van der Waals surface area contributed by atoms with E-state index in [1.807, 2.05) is 72.3 Å². The molecule has 0 aliphatic heterocycles. The fourth-order valence-corrected chi connectivity index (χ4v) is 3.41. The van der Waals surface area contributed by atoms with Crippen molar-refractivity contribution >= 4 is 23.4 Å². The van der Waals surface area contributed by atoms with Crippen LogP contribution in [0, 0.1) is 0 Å². The van der Waals surface area contributed by atoms with Gasteiger partial charge in [-0.25, -0.2) is 0 Å². The molecule has 0 aliphatic rings. The molecule has 1 amide bonds. The highest BCUT2D eigenvalue weighted by Crippen LogP contribution is 2.20. The lowest BCUT2D eigenvalue weighted by Gasteiger charge is -2.13. The molecule has 1 heterocycles. The van der Waals surface area contributed by atoms with Crippen molar-refractivity contribution in [3.63, 3.8) is 0 Å². The van der Waals surface area contributed by atoms with Gasteiger partial charge < -0.3 is 4.57 Å². The van der Waals surface area contributed by atoms with Crippen LogP contribution in [0.5, 0.6) is 0 Å². The minimum absolute atomic E-state index is 0.176. The monoisotopic (exact) mass is 393 g/mol. The number of aromatic nitrogens is 3. The third-order valence-electron chi connectivity index (χ3n) is 4.06. The number of aryl methyl sites for hydroxylation is 1. The number of amides is 1. The smallest absolute Gasteiger partial charge is 0.269 e. The van der Waals surface area contributed by atoms with E-state index in [2.05, 4.69) is 28.0 Å². The second-order valence-electron chi connectivity index (χ2n) is 6.18. The number of benzene rings is 2. The van der Waals surface area contributed by atoms with Crippen LogP contribution in [0.15, 0.2) is 72.2 Å². The van der Waals surface area contributed by atoms with Crippen LogP contribution in [-0.4, -0.2) is 20.7 Å². The minimum Gasteiger partial charge on any atom is -0.312 e. The summed E-state index contributed by atoms with van der Waals surface area (Å²) in [4.78, 5) is 12.5. The standard InChI is InChI=1S/C21H23N5OS/c1-3-7-19(17-8-5-4-6-9-17)23-24-20(27)18-12-10-16(11-13-18)14-28-21-25-22-15-26(21)2/h4-13,15,23H,3,14H2,1-2H3,(H,24,27)/b19-7+. The van der Waals surface area contributed by atoms with Crippen LogP contribution >= 0.6 is 11.8 Å². The lowest BCUT2D eigenvalue weighted by Crippen LogP contribution is -2.36. The van der Waals surface area contributed by atoms with Gasteiger partial charge in [-0.05, 0) is 29.7 Å². The highest BCUT2D eigenvalue weighted by molar-refractivity contribution is 7.98. The third-order valence-corrected chi connectivity index (χ3v) is 5.16. The molecule has 0 unspecified atom stereocenters. The minimum atomic E-state index is -0.176. The molecule has 2 N–H and O–H groups in total. The van der Waals surface area contributed by atoms with Crippen LogP contribution in [-0.2, 0) is 12.8 Å². The fraction of sp³-hybridized carbons (Fsp3) is 0.190. The first-order chi connectivity index (χ1) is 13.7. The Bertz CT molecular complexity index is 935. The van der Waals surface area contributed by atoms with E-state index < -0.39 is 0 Å². The largest absolute Gasteiger partial charge is 0.312 e. The molecule has 0 aliphatic carbocycles. The predicted molar refractivity (Wildman–Crippen MR) is 112 cm³/mol. The zero-order valence-corrected chi connectivity index (χ0v) is 16.7. The molecular formula is C21H23N5OS. The normalized spacial score (nSPS) is 11.3. The van der Waals surface area contributed by atoms with Crippen LogP contribution in [0.3, 0.4) is 0 Å². The van der Waals surface area contributed by atoms with Gasteiger partial charge in [0.1, 0.15) is 6.33 Å². The molecule has 28 heavy (non-hydrogen) atoms. The zero-order chi connectivity index (χ0) is 19.8. The number of carbonyl (C=O) groups is 1. The van der Waals surface area contributed by atoms with Crippen molar-refractivity contribution in [3.05, 3.63) is 83.7 Å². The fourth-order valence-electron chi connectivity index (χ4n) is 2.56. The van der Waals surface area contributed by atoms with E-state index in [9.17, 15) is 4.79 Å². The number of allylic oxidation sites excluding steroid dienone is 1. The Labute approximate surface area is 169 Å². The summed E-state index contributed by atoms with van der Waals surface area (Å²) in [6.07, 6.45) is 4.59. The Hall–Kier alpha value is -3.06. The van der Waals surface area contributed by atoms with E-state index in [0.717, 1.165) is 34.2 Å². The third kappa shape index (κ3) is 5.23. The highest BCUT2D eigenvalue weighted by Gasteiger charge is 2.08. The molecule has 1 aromatic heterocycles. The maximum atomic E-state index is 12.5. The van der Waals surface area contributed by atoms with Crippen LogP contribution in [0.2, 0.25) is 0 Å². The van der Waals surface area contributed by atoms with E-state index in [1.54, 1.807) is 18.1 Å². The number of rotatable bonds is 8. The lowest BCUT2D eigenvalue weighted by molar-refractivity contribution is 0.0942. The summed E-state index contributed by atoms with van der Waals surface area (Å²) < 4.78 is 1.88. The Kier molecular flexibility index (Phi) is 6.86. The van der Waals surface area contributed by atoms with Crippen LogP contribution in [0.4, 0.5) is 0 Å². The second-order valence-corrected chi connectivity index (χ2v) is 7.12. The van der Waals surface area contributed by atoms with Crippen molar-refractivity contribution in [1.29, 1.82) is 0 Å². The van der Waals surface area contributed by atoms with Crippen LogP contribution in [0.1, 0.15) is 34.8 Å². The molecule has 0 fully saturated rings. The summed E-state index contributed by atoms with van der Waals surface area (Å²) in [5.41, 5.74) is 9.45. The van der Waals surface area contributed by atoms with E-state index >= 15 is 0 Å². The van der Waals surface area contributed by atoms with Gasteiger partial charge in [-0.3, -0.25) is 15.6 Å². The van der Waals surface area contributed by atoms with Crippen molar-refractivity contribution in [3.8, 4) is 0 Å². The summed E-state index contributed by atoms with van der Waals surface area (Å²) in [7, 11) is 1.92. The molecule has 0 atom stereocenters. The number of hydrogen-bond acceptors (Lipinski definition) is 5. The molecule has 3 rings (SSSR count). The lowest BCUT2D eigenvalue weighted by atomic mass is 10.1. The molecule has 0 bridgehead atoms. The number of nitrogens with zero attached hydrogens (tertiary/aromatic N) is 3. The van der Waals surface area contributed by atoms with Crippen molar-refractivity contribution in [2.24, 2.45) is 7.05 Å². The second kappa shape index (κ2) is 9.75. The quantitative estimate of drug-likeness (QED) is 0.450. The van der Waals surface area contributed by atoms with Crippen molar-refractivity contribution in [2.75, 3.05) is 0 Å². The summed E-state index contributed by atoms with van der Waals surface area (Å²) in [5, 5.41) is 8.79. The van der Waals surface area contributed by atoms with Crippen LogP contribution < -0.4 is 10.9 Å². The average molecular weight is 394 g/mol. The molecular weight excluding hydrogens is 370 g/mol. The number of thioether (sulfide) groups is 1. The zero-order valence-electron chi connectivity index (χ0n) is 15.9. The van der Waals surface area contributed by atoms with Gasteiger partial charge in [-0.1, -0.05) is 67.2 Å². The molecule has 0 radical (unpaired) electrons. The Morgan fingerprint density at radius 3 is 2.46 bits per heavy atom. The molecule has 0 saturated heterocycles. The first-order valence-corrected chi connectivity index (χ1v) is 10.0. The Morgan fingerprint density at radius 1 is 1.07 bits per heavy atom. The summed E-state index contributed by atoms with van der Waals surface area (Å²) in [6.45, 7) is 2.06. The topological polar surface area (TPSA) is 71.8 Å². The Balaban J connectivity index is 1.57. The molecule has 2 aromatic carbocycles. The number of carbonyl (C=O) groups excluding carboxylic acids is 1. The molecule has 0 saturated carbocycles. The van der Waals surface area contributed by atoms with E-state index in [1.165, 1.54) is 0 Å². The molecule has 7 heteroatoms. The van der Waals surface area contributed by atoms with E-state index in [0.29, 0.717) is 5.56 Å². The first-order valence-electron chi connectivity index (χ1n) is 9.05. The predicted octanol–water partition coefficient (Wildman–Crippen LogP) is 3.79. The van der Waals surface area contributed by atoms with Gasteiger partial charge in [-0.15, -0.1) is 10.2 Å². The van der Waals surface area contributed by atoms with Gasteiger partial charge in [0, 0.05) is 18.4 Å². The van der Waals surface area contributed by atoms with Crippen molar-refractivity contribution in [1.82, 2.24) is 25.6 Å². The highest BCUT2D eigenvalue weighted by atomic mass is 32.2. The molecule has 6 nitrogen and oxygen atoms in total. The van der Waals surface area contributed by atoms with Gasteiger partial charge in [0.2, 0.25) is 0 Å². The number of hydrogen-bond donors (Lipinski definition) is 2. The number of nitrogens with one attached hydrogen (secondary N) is 2. The maximum absolute atomic E-state index is 12.5. The first kappa shape index (κ1) is 19.7. The summed E-state index contributed by atoms with van der Waals surface area (Å²) >= 11 is 1.61. The van der Waals surface area contributed by atoms with E-state index in [-0.39, 0.29) is 5.91 Å². The Morgan fingerprint density at radius 2 is 1.82 bits per heavy atom. The van der Waals surface area contributed by atoms with E-state index in [4.69, 9.17) is 0 Å². The van der Waals surface area contributed by atoms with Crippen molar-refractivity contribution in [2.45, 2.75) is 24.3 Å². The molecule has 144 valence electrons. The SMILES string of the molecule is CC/C=C(/NNC(=O)c1ccc(CSc2nncn2C)cc1)c1ccccc1. The van der Waals surface area contributed by atoms with Crippen LogP contribution in [0.25, 0.3) is 5.70 Å². The molecule has 0 spiro atoms. The van der Waals surface area contributed by atoms with Gasteiger partial charge in [0.05, 0.1) is 5.70 Å². The molecule has 3 aromatic rings. The maximum Gasteiger partial charge on any atom is 0.269 e. The summed E-state index contributed by atoms with van der Waals surface area (Å²) in [6, 6.07) is 17.5. The van der Waals surface area contributed by atoms with Gasteiger partial charge >= 0.3 is 0 Å². The van der Waals surface area contributed by atoms with Crippen molar-refractivity contribution < 1.29 is 4.79 Å².